The fraction of sp³-hybridized carbons (Fsp3) is 0.458. The van der Waals surface area contributed by atoms with E-state index in [4.69, 9.17) is 0 Å². The Kier molecular flexibility index (Phi) is 7.08. The van der Waals surface area contributed by atoms with Crippen LogP contribution < -0.4 is 5.32 Å². The Hall–Kier alpha value is -3.03. The maximum absolute atomic E-state index is 13.0. The third-order valence-electron chi connectivity index (χ3n) is 6.42. The van der Waals surface area contributed by atoms with Crippen molar-refractivity contribution in [3.8, 4) is 0 Å². The first-order valence-corrected chi connectivity index (χ1v) is 13.4. The number of hydrogen-bond acceptors (Lipinski definition) is 6. The van der Waals surface area contributed by atoms with Crippen LogP contribution in [0, 0.1) is 0 Å². The van der Waals surface area contributed by atoms with E-state index in [9.17, 15) is 31.5 Å². The number of halogens is 3. The Balaban J connectivity index is 1.63. The quantitative estimate of drug-likeness (QED) is 0.493. The van der Waals surface area contributed by atoms with Crippen LogP contribution in [-0.2, 0) is 21.8 Å². The maximum Gasteiger partial charge on any atom is 0.433 e. The Morgan fingerprint density at radius 3 is 2.43 bits per heavy atom. The largest absolute Gasteiger partial charge is 0.433 e. The second kappa shape index (κ2) is 9.69. The third kappa shape index (κ3) is 5.78. The molecular formula is C24H28F3N5O4S. The van der Waals surface area contributed by atoms with Gasteiger partial charge >= 0.3 is 6.18 Å². The van der Waals surface area contributed by atoms with Gasteiger partial charge in [0.05, 0.1) is 22.7 Å². The Labute approximate surface area is 212 Å². The number of amides is 1. The molecule has 1 saturated heterocycles. The highest BCUT2D eigenvalue weighted by Crippen LogP contribution is 2.33. The Bertz CT molecular complexity index is 1420. The van der Waals surface area contributed by atoms with Crippen molar-refractivity contribution in [1.29, 1.82) is 0 Å². The van der Waals surface area contributed by atoms with Crippen molar-refractivity contribution in [3.63, 3.8) is 0 Å². The van der Waals surface area contributed by atoms with Gasteiger partial charge in [0, 0.05) is 37.0 Å². The van der Waals surface area contributed by atoms with Gasteiger partial charge in [0.2, 0.25) is 10.0 Å². The number of nitrogens with one attached hydrogen (secondary N) is 1. The molecule has 1 fully saturated rings. The molecule has 1 amide bonds. The highest BCUT2D eigenvalue weighted by molar-refractivity contribution is 7.89. The van der Waals surface area contributed by atoms with Gasteiger partial charge in [-0.3, -0.25) is 4.79 Å². The molecule has 200 valence electrons. The molecule has 0 atom stereocenters. The predicted octanol–water partition coefficient (Wildman–Crippen LogP) is 3.76. The molecule has 37 heavy (non-hydrogen) atoms. The number of aliphatic hydroxyl groups is 1. The molecule has 0 saturated carbocycles. The lowest BCUT2D eigenvalue weighted by Gasteiger charge is -2.30. The lowest BCUT2D eigenvalue weighted by atomic mass is 9.95. The van der Waals surface area contributed by atoms with Crippen LogP contribution in [0.25, 0.3) is 5.65 Å². The Morgan fingerprint density at radius 1 is 1.16 bits per heavy atom. The summed E-state index contributed by atoms with van der Waals surface area (Å²) in [5.41, 5.74) is -1.24. The van der Waals surface area contributed by atoms with Gasteiger partial charge in [0.15, 0.2) is 0 Å². The lowest BCUT2D eigenvalue weighted by Crippen LogP contribution is -2.38. The van der Waals surface area contributed by atoms with Crippen molar-refractivity contribution >= 4 is 27.3 Å². The molecule has 4 rings (SSSR count). The van der Waals surface area contributed by atoms with Gasteiger partial charge in [-0.05, 0) is 51.8 Å². The molecule has 3 aromatic heterocycles. The lowest BCUT2D eigenvalue weighted by molar-refractivity contribution is -0.141. The van der Waals surface area contributed by atoms with Gasteiger partial charge in [-0.25, -0.2) is 22.7 Å². The summed E-state index contributed by atoms with van der Waals surface area (Å²) in [7, 11) is -3.25. The van der Waals surface area contributed by atoms with E-state index in [2.05, 4.69) is 15.3 Å². The smallest absolute Gasteiger partial charge is 0.386 e. The number of hydrogen-bond donors (Lipinski definition) is 2. The molecule has 0 aliphatic carbocycles. The SMILES string of the molecule is CCS(=O)(=O)N1CCC(c2cn3cc(NC(=O)c4cccc(C(F)(F)F)n4)c(C(C)(C)O)cc3n2)CC1. The minimum atomic E-state index is -4.70. The molecule has 0 radical (unpaired) electrons. The molecule has 0 spiro atoms. The van der Waals surface area contributed by atoms with Crippen molar-refractivity contribution in [1.82, 2.24) is 18.7 Å². The van der Waals surface area contributed by atoms with Crippen molar-refractivity contribution in [2.45, 2.75) is 51.3 Å². The van der Waals surface area contributed by atoms with Gasteiger partial charge in [0.1, 0.15) is 17.0 Å². The van der Waals surface area contributed by atoms with Gasteiger partial charge in [-0.2, -0.15) is 13.2 Å². The van der Waals surface area contributed by atoms with Crippen molar-refractivity contribution in [2.75, 3.05) is 24.2 Å². The van der Waals surface area contributed by atoms with E-state index in [1.807, 2.05) is 0 Å². The summed E-state index contributed by atoms with van der Waals surface area (Å²) in [6.07, 6.45) is -0.173. The molecule has 4 heterocycles. The molecule has 1 aliphatic heterocycles. The number of sulfonamides is 1. The van der Waals surface area contributed by atoms with Gasteiger partial charge in [-0.15, -0.1) is 0 Å². The topological polar surface area (TPSA) is 117 Å². The average molecular weight is 540 g/mol. The molecule has 0 bridgehead atoms. The number of anilines is 1. The summed E-state index contributed by atoms with van der Waals surface area (Å²) < 4.78 is 66.6. The molecular weight excluding hydrogens is 511 g/mol. The van der Waals surface area contributed by atoms with E-state index in [-0.39, 0.29) is 17.4 Å². The van der Waals surface area contributed by atoms with Crippen LogP contribution in [0.3, 0.4) is 0 Å². The number of aromatic nitrogens is 3. The van der Waals surface area contributed by atoms with Crippen LogP contribution >= 0.6 is 0 Å². The predicted molar refractivity (Wildman–Crippen MR) is 131 cm³/mol. The van der Waals surface area contributed by atoms with Crippen molar-refractivity contribution in [3.05, 3.63) is 59.3 Å². The van der Waals surface area contributed by atoms with Gasteiger partial charge in [-0.1, -0.05) is 6.07 Å². The van der Waals surface area contributed by atoms with E-state index >= 15 is 0 Å². The zero-order valence-electron chi connectivity index (χ0n) is 20.6. The van der Waals surface area contributed by atoms with Gasteiger partial charge < -0.3 is 14.8 Å². The fourth-order valence-electron chi connectivity index (χ4n) is 4.37. The van der Waals surface area contributed by atoms with E-state index in [0.29, 0.717) is 37.1 Å². The zero-order chi connectivity index (χ0) is 27.2. The number of alkyl halides is 3. The first-order chi connectivity index (χ1) is 17.2. The van der Waals surface area contributed by atoms with Gasteiger partial charge in [0.25, 0.3) is 5.91 Å². The van der Waals surface area contributed by atoms with Crippen molar-refractivity contribution in [2.24, 2.45) is 0 Å². The number of carbonyl (C=O) groups excluding carboxylic acids is 1. The number of pyridine rings is 2. The molecule has 0 aromatic carbocycles. The standard InChI is InChI=1S/C24H28F3N5O4S/c1-4-37(35,36)32-10-8-15(9-11-32)18-13-31-14-19(16(23(2,3)34)12-21(31)29-18)30-22(33)17-6-5-7-20(28-17)24(25,26)27/h5-7,12-15,34H,4,8-11H2,1-3H3,(H,30,33). The van der Waals surface area contributed by atoms with Crippen molar-refractivity contribution < 1.29 is 31.5 Å². The maximum atomic E-state index is 13.0. The summed E-state index contributed by atoms with van der Waals surface area (Å²) in [5.74, 6) is -0.780. The molecule has 9 nitrogen and oxygen atoms in total. The van der Waals surface area contributed by atoms with Crippen LogP contribution in [0.5, 0.6) is 0 Å². The third-order valence-corrected chi connectivity index (χ3v) is 8.30. The molecule has 0 unspecified atom stereocenters. The number of fused-ring (bicyclic) bond motifs is 1. The highest BCUT2D eigenvalue weighted by Gasteiger charge is 2.33. The summed E-state index contributed by atoms with van der Waals surface area (Å²) in [6.45, 7) is 5.45. The number of imidazole rings is 1. The van der Waals surface area contributed by atoms with Crippen LogP contribution in [0.1, 0.15) is 67.0 Å². The fourth-order valence-corrected chi connectivity index (χ4v) is 5.51. The first kappa shape index (κ1) is 27.0. The first-order valence-electron chi connectivity index (χ1n) is 11.8. The van der Waals surface area contributed by atoms with Crippen LogP contribution in [-0.4, -0.2) is 56.9 Å². The molecule has 1 aliphatic rings. The van der Waals surface area contributed by atoms with E-state index in [1.54, 1.807) is 29.8 Å². The summed E-state index contributed by atoms with van der Waals surface area (Å²) in [5, 5.41) is 13.3. The number of nitrogens with zero attached hydrogens (tertiary/aromatic N) is 4. The molecule has 2 N–H and O–H groups in total. The summed E-state index contributed by atoms with van der Waals surface area (Å²) in [4.78, 5) is 20.9. The van der Waals surface area contributed by atoms with Crippen LogP contribution in [0.4, 0.5) is 18.9 Å². The second-order valence-corrected chi connectivity index (χ2v) is 11.8. The summed E-state index contributed by atoms with van der Waals surface area (Å²) >= 11 is 0. The van der Waals surface area contributed by atoms with Crippen LogP contribution in [0.15, 0.2) is 36.7 Å². The normalized spacial score (nSPS) is 16.3. The van der Waals surface area contributed by atoms with E-state index in [0.717, 1.165) is 17.8 Å². The number of rotatable bonds is 6. The second-order valence-electron chi connectivity index (χ2n) is 9.52. The molecule has 13 heteroatoms. The Morgan fingerprint density at radius 2 is 1.84 bits per heavy atom. The van der Waals surface area contributed by atoms with E-state index in [1.165, 1.54) is 24.2 Å². The summed E-state index contributed by atoms with van der Waals surface area (Å²) in [6, 6.07) is 4.66. The number of carbonyl (C=O) groups is 1. The van der Waals surface area contributed by atoms with Crippen LogP contribution in [0.2, 0.25) is 0 Å². The molecule has 3 aromatic rings. The highest BCUT2D eigenvalue weighted by atomic mass is 32.2. The minimum Gasteiger partial charge on any atom is -0.386 e. The average Bonchev–Trinajstić information content (AvgIpc) is 3.25. The van der Waals surface area contributed by atoms with E-state index < -0.39 is 39.1 Å². The monoisotopic (exact) mass is 539 g/mol. The number of piperidine rings is 1. The zero-order valence-corrected chi connectivity index (χ0v) is 21.4. The minimum absolute atomic E-state index is 0.0288.